The second kappa shape index (κ2) is 18.7. The van der Waals surface area contributed by atoms with Crippen molar-refractivity contribution in [2.75, 3.05) is 73.2 Å². The second-order valence-electron chi connectivity index (χ2n) is 10.0. The molecule has 0 bridgehead atoms. The molecular formula is C23H47ClN2O9S+2. The summed E-state index contributed by atoms with van der Waals surface area (Å²) >= 11 is 5.25. The van der Waals surface area contributed by atoms with Crippen molar-refractivity contribution in [2.24, 2.45) is 0 Å². The molecule has 0 amide bonds. The van der Waals surface area contributed by atoms with Gasteiger partial charge in [-0.1, -0.05) is 18.7 Å². The fourth-order valence-corrected chi connectivity index (χ4v) is 2.63. The summed E-state index contributed by atoms with van der Waals surface area (Å²) in [6.07, 6.45) is -0.430. The topological polar surface area (TPSA) is 147 Å². The summed E-state index contributed by atoms with van der Waals surface area (Å²) in [6.45, 7) is 13.7. The Bertz CT molecular complexity index is 794. The van der Waals surface area contributed by atoms with Gasteiger partial charge < -0.3 is 28.7 Å². The molecule has 0 spiro atoms. The van der Waals surface area contributed by atoms with Gasteiger partial charge in [-0.05, 0) is 13.8 Å². The number of aliphatic carboxylic acids is 1. The highest BCUT2D eigenvalue weighted by molar-refractivity contribution is 7.85. The molecule has 0 radical (unpaired) electrons. The quantitative estimate of drug-likeness (QED) is 0.0547. The molecule has 0 aromatic heterocycles. The van der Waals surface area contributed by atoms with Crippen LogP contribution in [0.25, 0.3) is 0 Å². The first kappa shape index (κ1) is 39.0. The van der Waals surface area contributed by atoms with Crippen molar-refractivity contribution in [1.82, 2.24) is 0 Å². The van der Waals surface area contributed by atoms with Crippen LogP contribution in [0.5, 0.6) is 0 Å². The lowest BCUT2D eigenvalue weighted by molar-refractivity contribution is -0.935. The molecule has 0 aromatic carbocycles. The minimum absolute atomic E-state index is 0.0481. The molecule has 3 N–H and O–H groups in total. The Morgan fingerprint density at radius 3 is 1.89 bits per heavy atom. The Labute approximate surface area is 221 Å². The lowest BCUT2D eigenvalue weighted by Gasteiger charge is -2.35. The van der Waals surface area contributed by atoms with E-state index in [0.717, 1.165) is 5.57 Å². The Balaban J connectivity index is -0.000000492. The Morgan fingerprint density at radius 2 is 1.58 bits per heavy atom. The number of aliphatic hydroxyl groups is 1. The summed E-state index contributed by atoms with van der Waals surface area (Å²) in [5.74, 6) is -1.41. The van der Waals surface area contributed by atoms with Crippen molar-refractivity contribution >= 4 is 33.7 Å². The molecule has 0 aliphatic rings. The molecule has 214 valence electrons. The molecule has 11 nitrogen and oxygen atoms in total. The number of hydrogen-bond donors (Lipinski definition) is 3. The molecule has 13 heteroatoms. The zero-order chi connectivity index (χ0) is 29.3. The predicted molar refractivity (Wildman–Crippen MR) is 141 cm³/mol. The van der Waals surface area contributed by atoms with Crippen molar-refractivity contribution < 1.29 is 51.2 Å². The molecule has 0 aliphatic carbocycles. The number of hydrogen-bond acceptors (Lipinski definition) is 7. The van der Waals surface area contributed by atoms with Crippen molar-refractivity contribution in [2.45, 2.75) is 39.5 Å². The smallest absolute Gasteiger partial charge is 0.359 e. The van der Waals surface area contributed by atoms with Crippen LogP contribution >= 0.6 is 11.6 Å². The number of carbonyl (C=O) groups excluding carboxylic acids is 1. The number of quaternary nitrogens is 2. The summed E-state index contributed by atoms with van der Waals surface area (Å²) in [5.41, 5.74) is 1.27. The van der Waals surface area contributed by atoms with E-state index >= 15 is 0 Å². The number of halogens is 1. The van der Waals surface area contributed by atoms with E-state index in [-0.39, 0.29) is 31.0 Å². The summed E-state index contributed by atoms with van der Waals surface area (Å²) in [7, 11) is 5.59. The van der Waals surface area contributed by atoms with Gasteiger partial charge in [0.05, 0.1) is 60.0 Å². The number of alkyl halides is 1. The normalized spacial score (nSPS) is 13.2. The summed E-state index contributed by atoms with van der Waals surface area (Å²) in [6, 6.07) is 0. The number of carboxylic acid groups (broad SMARTS) is 1. The number of esters is 1. The van der Waals surface area contributed by atoms with Crippen LogP contribution in [0, 0.1) is 0 Å². The standard InChI is InChI=1S/C11H23NO4S.C7H11ClO3.C5H11NO2/c1-10(2)9-16-11(3)12(4,5)7-6-8-17(13,14)15;1-5(2)7(10)11-4-6(9)3-8;1-6(2,3)4-5(7)8/h11H,1,6-9H2,2-5H3;6,9H,1,3-4H2,2H3;4H2,1-3H3/p+2. The third-order valence-electron chi connectivity index (χ3n) is 4.23. The lowest BCUT2D eigenvalue weighted by Crippen LogP contribution is -2.49. The molecule has 0 saturated heterocycles. The van der Waals surface area contributed by atoms with Gasteiger partial charge in [0.1, 0.15) is 12.7 Å². The van der Waals surface area contributed by atoms with Crippen LogP contribution < -0.4 is 0 Å². The van der Waals surface area contributed by atoms with Crippen LogP contribution in [0.2, 0.25) is 0 Å². The largest absolute Gasteiger partial charge is 0.477 e. The van der Waals surface area contributed by atoms with Crippen LogP contribution in [-0.4, -0.2) is 130 Å². The average molecular weight is 563 g/mol. The highest BCUT2D eigenvalue weighted by atomic mass is 35.5. The molecule has 0 fully saturated rings. The number of ether oxygens (including phenoxy) is 2. The highest BCUT2D eigenvalue weighted by Gasteiger charge is 2.24. The van der Waals surface area contributed by atoms with Gasteiger partial charge in [0.2, 0.25) is 0 Å². The fourth-order valence-electron chi connectivity index (χ4n) is 2.05. The molecule has 36 heavy (non-hydrogen) atoms. The third-order valence-corrected chi connectivity index (χ3v) is 5.40. The summed E-state index contributed by atoms with van der Waals surface area (Å²) < 4.78 is 41.1. The van der Waals surface area contributed by atoms with E-state index in [1.54, 1.807) is 0 Å². The maximum Gasteiger partial charge on any atom is 0.359 e. The number of rotatable bonds is 14. The number of carbonyl (C=O) groups is 2. The van der Waals surface area contributed by atoms with E-state index in [1.165, 1.54) is 6.92 Å². The Morgan fingerprint density at radius 1 is 1.08 bits per heavy atom. The molecular weight excluding hydrogens is 516 g/mol. The van der Waals surface area contributed by atoms with E-state index in [0.29, 0.717) is 34.1 Å². The fraction of sp³-hybridized carbons (Fsp3) is 0.739. The van der Waals surface area contributed by atoms with Crippen molar-refractivity contribution in [1.29, 1.82) is 0 Å². The number of nitrogens with zero attached hydrogens (tertiary/aromatic N) is 2. The van der Waals surface area contributed by atoms with Gasteiger partial charge in [-0.2, -0.15) is 8.42 Å². The van der Waals surface area contributed by atoms with E-state index in [2.05, 4.69) is 17.9 Å². The molecule has 0 heterocycles. The number of likely N-dealkylation sites (N-methyl/N-ethyl adjacent to an activating group) is 1. The highest BCUT2D eigenvalue weighted by Crippen LogP contribution is 2.10. The number of carboxylic acids is 1. The molecule has 2 unspecified atom stereocenters. The Hall–Kier alpha value is -1.54. The molecule has 0 aliphatic heterocycles. The minimum atomic E-state index is -3.86. The summed E-state index contributed by atoms with van der Waals surface area (Å²) in [4.78, 5) is 20.7. The van der Waals surface area contributed by atoms with Gasteiger partial charge >= 0.3 is 11.9 Å². The third kappa shape index (κ3) is 28.7. The van der Waals surface area contributed by atoms with Gasteiger partial charge in [0.15, 0.2) is 12.8 Å². The summed E-state index contributed by atoms with van der Waals surface area (Å²) in [5, 5.41) is 17.1. The van der Waals surface area contributed by atoms with E-state index in [1.807, 2.05) is 49.1 Å². The average Bonchev–Trinajstić information content (AvgIpc) is 2.67. The van der Waals surface area contributed by atoms with Crippen LogP contribution in [0.3, 0.4) is 0 Å². The first-order chi connectivity index (χ1) is 16.0. The number of aliphatic hydroxyl groups excluding tert-OH is 1. The first-order valence-corrected chi connectivity index (χ1v) is 13.3. The van der Waals surface area contributed by atoms with Gasteiger partial charge in [0.25, 0.3) is 10.1 Å². The maximum atomic E-state index is 10.7. The van der Waals surface area contributed by atoms with Crippen LogP contribution in [0.4, 0.5) is 0 Å². The van der Waals surface area contributed by atoms with Gasteiger partial charge in [-0.15, -0.1) is 11.6 Å². The van der Waals surface area contributed by atoms with E-state index in [4.69, 9.17) is 31.1 Å². The van der Waals surface area contributed by atoms with Crippen LogP contribution in [0.1, 0.15) is 27.2 Å². The van der Waals surface area contributed by atoms with Crippen LogP contribution in [-0.2, 0) is 29.2 Å². The molecule has 0 rings (SSSR count). The minimum Gasteiger partial charge on any atom is -0.477 e. The monoisotopic (exact) mass is 562 g/mol. The van der Waals surface area contributed by atoms with Gasteiger partial charge in [0, 0.05) is 18.9 Å². The van der Waals surface area contributed by atoms with Crippen LogP contribution in [0.15, 0.2) is 24.3 Å². The Kier molecular flexibility index (Phi) is 20.2. The molecule has 2 atom stereocenters. The lowest BCUT2D eigenvalue weighted by atomic mass is 10.3. The van der Waals surface area contributed by atoms with Gasteiger partial charge in [-0.3, -0.25) is 4.55 Å². The zero-order valence-electron chi connectivity index (χ0n) is 23.0. The second-order valence-corrected chi connectivity index (χ2v) is 11.9. The predicted octanol–water partition coefficient (Wildman–Crippen LogP) is 1.76. The zero-order valence-corrected chi connectivity index (χ0v) is 24.6. The van der Waals surface area contributed by atoms with Crippen molar-refractivity contribution in [3.8, 4) is 0 Å². The van der Waals surface area contributed by atoms with Crippen molar-refractivity contribution in [3.63, 3.8) is 0 Å². The molecule has 0 aromatic rings. The molecule has 0 saturated carbocycles. The van der Waals surface area contributed by atoms with E-state index in [9.17, 15) is 18.0 Å². The van der Waals surface area contributed by atoms with Gasteiger partial charge in [-0.25, -0.2) is 9.59 Å². The van der Waals surface area contributed by atoms with Crippen molar-refractivity contribution in [3.05, 3.63) is 24.3 Å². The first-order valence-electron chi connectivity index (χ1n) is 11.2. The maximum absolute atomic E-state index is 10.7. The van der Waals surface area contributed by atoms with E-state index < -0.39 is 28.2 Å². The SMILES string of the molecule is C=C(C)C(=O)OCC(O)CCl.C=C(C)COC(C)[N+](C)(C)CCCS(=O)(=O)O.C[N+](C)(C)CC(=O)O.